The summed E-state index contributed by atoms with van der Waals surface area (Å²) in [5, 5.41) is 6.91. The lowest BCUT2D eigenvalue weighted by atomic mass is 9.63. The van der Waals surface area contributed by atoms with Crippen LogP contribution in [-0.2, 0) is 10.2 Å². The minimum absolute atomic E-state index is 0.0658. The zero-order valence-corrected chi connectivity index (χ0v) is 17.0. The van der Waals surface area contributed by atoms with Gasteiger partial charge in [-0.05, 0) is 87.1 Å². The summed E-state index contributed by atoms with van der Waals surface area (Å²) in [6, 6.07) is 11.5. The Hall–Kier alpha value is -1.42. The monoisotopic (exact) mass is 384 g/mol. The molecule has 6 atom stereocenters. The van der Waals surface area contributed by atoms with Gasteiger partial charge < -0.3 is 10.6 Å². The molecule has 2 unspecified atom stereocenters. The molecule has 1 heterocycles. The highest BCUT2D eigenvalue weighted by Crippen LogP contribution is 2.77. The van der Waals surface area contributed by atoms with Crippen LogP contribution < -0.4 is 10.6 Å². The molecule has 4 bridgehead atoms. The van der Waals surface area contributed by atoms with Crippen molar-refractivity contribution >= 4 is 5.91 Å². The van der Waals surface area contributed by atoms with Crippen molar-refractivity contribution in [1.82, 2.24) is 10.6 Å². The second-order valence-corrected chi connectivity index (χ2v) is 10.3. The van der Waals surface area contributed by atoms with E-state index in [1.165, 1.54) is 12.0 Å². The highest BCUT2D eigenvalue weighted by molar-refractivity contribution is 5.86. The van der Waals surface area contributed by atoms with Gasteiger partial charge in [0.2, 0.25) is 5.91 Å². The minimum atomic E-state index is -0.369. The number of nitrogens with one attached hydrogen (secondary N) is 2. The largest absolute Gasteiger partial charge is 0.353 e. The van der Waals surface area contributed by atoms with Crippen molar-refractivity contribution in [3.05, 3.63) is 35.9 Å². The second-order valence-electron chi connectivity index (χ2n) is 10.3. The van der Waals surface area contributed by atoms with Crippen molar-refractivity contribution in [2.24, 2.45) is 16.7 Å². The van der Waals surface area contributed by atoms with Gasteiger partial charge >= 0.3 is 0 Å². The summed E-state index contributed by atoms with van der Waals surface area (Å²) in [6.07, 6.45) is 7.61. The smallest absolute Gasteiger partial charge is 0.227 e. The predicted octanol–water partition coefficient (Wildman–Crippen LogP) is 4.12. The maximum atomic E-state index is 13.8. The topological polar surface area (TPSA) is 41.1 Å². The molecule has 5 aliphatic rings. The van der Waals surface area contributed by atoms with Crippen LogP contribution in [0.1, 0.15) is 63.9 Å². The maximum Gasteiger partial charge on any atom is 0.227 e. The average Bonchev–Trinajstić information content (AvgIpc) is 3.02. The van der Waals surface area contributed by atoms with Gasteiger partial charge in [0.25, 0.3) is 0 Å². The number of amides is 1. The first-order valence-electron chi connectivity index (χ1n) is 11.2. The molecular formula is C24H33FN2O. The Balaban J connectivity index is 1.48. The van der Waals surface area contributed by atoms with Crippen molar-refractivity contribution < 1.29 is 9.18 Å². The molecule has 0 aromatic heterocycles. The number of piperidine rings is 1. The molecule has 4 heteroatoms. The van der Waals surface area contributed by atoms with E-state index in [0.29, 0.717) is 18.4 Å². The Kier molecular flexibility index (Phi) is 4.35. The molecular weight excluding hydrogens is 351 g/mol. The minimum Gasteiger partial charge on any atom is -0.353 e. The fraction of sp³-hybridized carbons (Fsp3) is 0.708. The van der Waals surface area contributed by atoms with Gasteiger partial charge in [0.1, 0.15) is 0 Å². The summed E-state index contributed by atoms with van der Waals surface area (Å²) < 4.78 is 13.8. The van der Waals surface area contributed by atoms with E-state index in [-0.39, 0.29) is 34.9 Å². The SMILES string of the molecule is C[C@@H]1C[C@@H](NC(=O)C23CC4C[C@](c5ccccc5)(C2)C[C@@]3(CCF)C4)CCN1. The van der Waals surface area contributed by atoms with E-state index in [1.54, 1.807) is 0 Å². The van der Waals surface area contributed by atoms with Crippen LogP contribution in [-0.4, -0.2) is 31.2 Å². The maximum absolute atomic E-state index is 13.8. The fourth-order valence-corrected chi connectivity index (χ4v) is 7.88. The Morgan fingerprint density at radius 3 is 2.79 bits per heavy atom. The van der Waals surface area contributed by atoms with Crippen molar-refractivity contribution in [1.29, 1.82) is 0 Å². The van der Waals surface area contributed by atoms with Crippen molar-refractivity contribution in [2.45, 2.75) is 75.8 Å². The normalized spacial score (nSPS) is 44.0. The van der Waals surface area contributed by atoms with E-state index < -0.39 is 0 Å². The lowest BCUT2D eigenvalue weighted by molar-refractivity contribution is -0.137. The summed E-state index contributed by atoms with van der Waals surface area (Å²) in [4.78, 5) is 13.8. The zero-order chi connectivity index (χ0) is 19.4. The standard InChI is InChI=1S/C24H33FN2O/c1-17-11-20(7-10-26-17)27-21(28)24-14-18-12-22(16-24,19-5-3-2-4-6-19)15-23(24,13-18)8-9-25/h2-6,17-18,20,26H,7-16H2,1H3,(H,27,28)/t17-,18?,20+,22-,23-,24?/m1/s1. The molecule has 0 spiro atoms. The Bertz CT molecular complexity index is 754. The summed E-state index contributed by atoms with van der Waals surface area (Å²) in [5.41, 5.74) is 0.915. The summed E-state index contributed by atoms with van der Waals surface area (Å²) in [7, 11) is 0. The molecule has 1 saturated heterocycles. The third kappa shape index (κ3) is 2.59. The van der Waals surface area contributed by atoms with Crippen LogP contribution in [0.5, 0.6) is 0 Å². The molecule has 1 aliphatic heterocycles. The van der Waals surface area contributed by atoms with E-state index in [0.717, 1.165) is 45.1 Å². The van der Waals surface area contributed by atoms with Gasteiger partial charge in [-0.3, -0.25) is 9.18 Å². The fourth-order valence-electron chi connectivity index (χ4n) is 7.88. The number of carbonyl (C=O) groups excluding carboxylic acids is 1. The van der Waals surface area contributed by atoms with Crippen molar-refractivity contribution in [3.63, 3.8) is 0 Å². The van der Waals surface area contributed by atoms with E-state index in [1.807, 2.05) is 0 Å². The third-order valence-corrected chi connectivity index (χ3v) is 8.68. The average molecular weight is 385 g/mol. The van der Waals surface area contributed by atoms with E-state index in [4.69, 9.17) is 0 Å². The molecule has 1 amide bonds. The highest BCUT2D eigenvalue weighted by Gasteiger charge is 2.74. The van der Waals surface area contributed by atoms with E-state index in [9.17, 15) is 9.18 Å². The van der Waals surface area contributed by atoms with Gasteiger partial charge in [-0.1, -0.05) is 30.3 Å². The van der Waals surface area contributed by atoms with Crippen LogP contribution in [0, 0.1) is 16.7 Å². The number of halogens is 1. The number of benzene rings is 1. The van der Waals surface area contributed by atoms with E-state index >= 15 is 0 Å². The Morgan fingerprint density at radius 2 is 2.04 bits per heavy atom. The molecule has 5 fully saturated rings. The van der Waals surface area contributed by atoms with Crippen LogP contribution in [0.4, 0.5) is 4.39 Å². The summed E-state index contributed by atoms with van der Waals surface area (Å²) >= 11 is 0. The zero-order valence-electron chi connectivity index (χ0n) is 17.0. The number of rotatable bonds is 5. The second kappa shape index (κ2) is 6.55. The Morgan fingerprint density at radius 1 is 1.21 bits per heavy atom. The number of carbonyl (C=O) groups is 1. The Labute approximate surface area is 167 Å². The van der Waals surface area contributed by atoms with E-state index in [2.05, 4.69) is 47.9 Å². The van der Waals surface area contributed by atoms with Crippen molar-refractivity contribution in [2.75, 3.05) is 13.2 Å². The molecule has 0 radical (unpaired) electrons. The predicted molar refractivity (Wildman–Crippen MR) is 109 cm³/mol. The lowest BCUT2D eigenvalue weighted by Gasteiger charge is -2.41. The van der Waals surface area contributed by atoms with Gasteiger partial charge in [-0.15, -0.1) is 0 Å². The molecule has 28 heavy (non-hydrogen) atoms. The van der Waals surface area contributed by atoms with Crippen LogP contribution >= 0.6 is 0 Å². The summed E-state index contributed by atoms with van der Waals surface area (Å²) in [5.74, 6) is 0.798. The first-order chi connectivity index (χ1) is 13.5. The molecule has 4 saturated carbocycles. The number of hydrogen-bond acceptors (Lipinski definition) is 2. The quantitative estimate of drug-likeness (QED) is 0.802. The lowest BCUT2D eigenvalue weighted by Crippen LogP contribution is -2.53. The molecule has 152 valence electrons. The molecule has 6 rings (SSSR count). The third-order valence-electron chi connectivity index (χ3n) is 8.68. The number of hydrogen-bond donors (Lipinski definition) is 2. The highest BCUT2D eigenvalue weighted by atomic mass is 19.1. The van der Waals surface area contributed by atoms with Gasteiger partial charge in [0, 0.05) is 12.1 Å². The van der Waals surface area contributed by atoms with Crippen LogP contribution in [0.25, 0.3) is 0 Å². The summed E-state index contributed by atoms with van der Waals surface area (Å²) in [6.45, 7) is 2.84. The van der Waals surface area contributed by atoms with Gasteiger partial charge in [0.05, 0.1) is 12.1 Å². The van der Waals surface area contributed by atoms with Crippen LogP contribution in [0.15, 0.2) is 30.3 Å². The first-order valence-corrected chi connectivity index (χ1v) is 11.2. The molecule has 4 aliphatic carbocycles. The van der Waals surface area contributed by atoms with Crippen LogP contribution in [0.3, 0.4) is 0 Å². The molecule has 3 nitrogen and oxygen atoms in total. The number of alkyl halides is 1. The van der Waals surface area contributed by atoms with Crippen LogP contribution in [0.2, 0.25) is 0 Å². The molecule has 1 aromatic carbocycles. The molecule has 2 N–H and O–H groups in total. The van der Waals surface area contributed by atoms with Gasteiger partial charge in [-0.25, -0.2) is 0 Å². The van der Waals surface area contributed by atoms with Crippen molar-refractivity contribution in [3.8, 4) is 0 Å². The molecule has 1 aromatic rings. The van der Waals surface area contributed by atoms with Gasteiger partial charge in [0.15, 0.2) is 0 Å². The first kappa shape index (κ1) is 18.6. The van der Waals surface area contributed by atoms with Gasteiger partial charge in [-0.2, -0.15) is 0 Å².